The summed E-state index contributed by atoms with van der Waals surface area (Å²) >= 11 is 5.86. The third kappa shape index (κ3) is 4.97. The Labute approximate surface area is 158 Å². The normalized spacial score (nSPS) is 12.5. The number of sulfonamides is 1. The van der Waals surface area contributed by atoms with Gasteiger partial charge in [-0.25, -0.2) is 13.1 Å². The van der Waals surface area contributed by atoms with Crippen LogP contribution in [0.5, 0.6) is 5.75 Å². The van der Waals surface area contributed by atoms with Gasteiger partial charge in [-0.2, -0.15) is 0 Å². The Morgan fingerprint density at radius 2 is 1.85 bits per heavy atom. The first-order valence-corrected chi connectivity index (χ1v) is 9.88. The van der Waals surface area contributed by atoms with E-state index in [1.54, 1.807) is 38.1 Å². The molecule has 0 radical (unpaired) electrons. The van der Waals surface area contributed by atoms with Gasteiger partial charge in [0.05, 0.1) is 17.7 Å². The van der Waals surface area contributed by atoms with E-state index in [4.69, 9.17) is 16.3 Å². The van der Waals surface area contributed by atoms with Gasteiger partial charge in [-0.15, -0.1) is 0 Å². The van der Waals surface area contributed by atoms with Gasteiger partial charge in [0.25, 0.3) is 0 Å². The van der Waals surface area contributed by atoms with E-state index in [9.17, 15) is 13.2 Å². The molecule has 2 rings (SSSR count). The van der Waals surface area contributed by atoms with Gasteiger partial charge in [0.1, 0.15) is 5.75 Å². The molecule has 0 aliphatic heterocycles. The Bertz CT molecular complexity index is 883. The molecule has 1 amide bonds. The van der Waals surface area contributed by atoms with Crippen LogP contribution in [0, 0.1) is 0 Å². The number of amides is 1. The zero-order valence-corrected chi connectivity index (χ0v) is 16.3. The topological polar surface area (TPSA) is 84.5 Å². The second kappa shape index (κ2) is 8.53. The molecule has 2 aromatic carbocycles. The van der Waals surface area contributed by atoms with Crippen LogP contribution >= 0.6 is 11.6 Å². The van der Waals surface area contributed by atoms with E-state index in [2.05, 4.69) is 10.0 Å². The Balaban J connectivity index is 2.28. The van der Waals surface area contributed by atoms with Crippen molar-refractivity contribution in [3.8, 4) is 5.75 Å². The molecule has 6 nitrogen and oxygen atoms in total. The zero-order valence-electron chi connectivity index (χ0n) is 14.7. The predicted octanol–water partition coefficient (Wildman–Crippen LogP) is 3.74. The minimum absolute atomic E-state index is 0.0329. The summed E-state index contributed by atoms with van der Waals surface area (Å²) in [6, 6.07) is 10.8. The number of anilines is 1. The highest BCUT2D eigenvalue weighted by molar-refractivity contribution is 7.89. The quantitative estimate of drug-likeness (QED) is 0.746. The van der Waals surface area contributed by atoms with E-state index in [-0.39, 0.29) is 17.2 Å². The van der Waals surface area contributed by atoms with Crippen molar-refractivity contribution in [2.75, 3.05) is 12.4 Å². The van der Waals surface area contributed by atoms with Crippen LogP contribution in [0.3, 0.4) is 0 Å². The van der Waals surface area contributed by atoms with Crippen molar-refractivity contribution in [2.45, 2.75) is 31.2 Å². The van der Waals surface area contributed by atoms with Gasteiger partial charge in [-0.3, -0.25) is 4.79 Å². The average Bonchev–Trinajstić information content (AvgIpc) is 2.61. The van der Waals surface area contributed by atoms with Gasteiger partial charge in [0.2, 0.25) is 15.9 Å². The standard InChI is InChI=1S/C18H21ClN2O4S/c1-4-18(22)20-16-11-15(9-10-17(16)25-3)26(23,24)21-12(2)13-5-7-14(19)8-6-13/h5-12,21H,4H2,1-3H3,(H,20,22). The summed E-state index contributed by atoms with van der Waals surface area (Å²) in [4.78, 5) is 11.7. The lowest BCUT2D eigenvalue weighted by molar-refractivity contribution is -0.115. The second-order valence-electron chi connectivity index (χ2n) is 5.66. The molecule has 1 atom stereocenters. The minimum Gasteiger partial charge on any atom is -0.495 e. The van der Waals surface area contributed by atoms with Crippen molar-refractivity contribution in [3.63, 3.8) is 0 Å². The number of hydrogen-bond donors (Lipinski definition) is 2. The summed E-state index contributed by atoms with van der Waals surface area (Å²) in [5.41, 5.74) is 1.09. The monoisotopic (exact) mass is 396 g/mol. The second-order valence-corrected chi connectivity index (χ2v) is 7.81. The number of halogens is 1. The number of ether oxygens (including phenoxy) is 1. The number of nitrogens with one attached hydrogen (secondary N) is 2. The maximum atomic E-state index is 12.7. The molecular weight excluding hydrogens is 376 g/mol. The minimum atomic E-state index is -3.80. The van der Waals surface area contributed by atoms with Crippen LogP contribution in [0.25, 0.3) is 0 Å². The summed E-state index contributed by atoms with van der Waals surface area (Å²) in [5.74, 6) is 0.150. The highest BCUT2D eigenvalue weighted by Gasteiger charge is 2.20. The Kier molecular flexibility index (Phi) is 6.63. The molecule has 8 heteroatoms. The maximum Gasteiger partial charge on any atom is 0.241 e. The fourth-order valence-electron chi connectivity index (χ4n) is 2.31. The molecule has 0 spiro atoms. The number of carbonyl (C=O) groups is 1. The summed E-state index contributed by atoms with van der Waals surface area (Å²) in [6.45, 7) is 3.45. The van der Waals surface area contributed by atoms with Crippen molar-refractivity contribution in [2.24, 2.45) is 0 Å². The van der Waals surface area contributed by atoms with E-state index < -0.39 is 16.1 Å². The molecule has 2 aromatic rings. The van der Waals surface area contributed by atoms with Crippen molar-refractivity contribution in [1.82, 2.24) is 4.72 Å². The first kappa shape index (κ1) is 20.2. The molecule has 1 unspecified atom stereocenters. The van der Waals surface area contributed by atoms with Crippen molar-refractivity contribution in [1.29, 1.82) is 0 Å². The van der Waals surface area contributed by atoms with Crippen LogP contribution in [-0.2, 0) is 14.8 Å². The number of methoxy groups -OCH3 is 1. The largest absolute Gasteiger partial charge is 0.495 e. The highest BCUT2D eigenvalue weighted by Crippen LogP contribution is 2.28. The van der Waals surface area contributed by atoms with Crippen LogP contribution in [-0.4, -0.2) is 21.4 Å². The van der Waals surface area contributed by atoms with Gasteiger partial charge >= 0.3 is 0 Å². The smallest absolute Gasteiger partial charge is 0.241 e. The van der Waals surface area contributed by atoms with E-state index in [1.807, 2.05) is 0 Å². The van der Waals surface area contributed by atoms with Crippen LogP contribution in [0.15, 0.2) is 47.4 Å². The molecule has 2 N–H and O–H groups in total. The summed E-state index contributed by atoms with van der Waals surface area (Å²) < 4.78 is 33.2. The van der Waals surface area contributed by atoms with Crippen molar-refractivity contribution >= 4 is 33.2 Å². The van der Waals surface area contributed by atoms with Crippen LogP contribution in [0.4, 0.5) is 5.69 Å². The first-order valence-electron chi connectivity index (χ1n) is 8.02. The van der Waals surface area contributed by atoms with E-state index in [0.29, 0.717) is 16.5 Å². The van der Waals surface area contributed by atoms with E-state index >= 15 is 0 Å². The number of carbonyl (C=O) groups excluding carboxylic acids is 1. The third-order valence-electron chi connectivity index (χ3n) is 3.78. The molecule has 0 aliphatic carbocycles. The molecule has 0 fully saturated rings. The lowest BCUT2D eigenvalue weighted by Gasteiger charge is -2.16. The Morgan fingerprint density at radius 3 is 2.42 bits per heavy atom. The summed E-state index contributed by atoms with van der Waals surface area (Å²) in [5, 5.41) is 3.22. The third-order valence-corrected chi connectivity index (χ3v) is 5.57. The van der Waals surface area contributed by atoms with Crippen molar-refractivity contribution in [3.05, 3.63) is 53.1 Å². The van der Waals surface area contributed by atoms with E-state index in [1.165, 1.54) is 25.3 Å². The molecule has 140 valence electrons. The molecule has 0 saturated heterocycles. The van der Waals surface area contributed by atoms with Crippen LogP contribution in [0.2, 0.25) is 5.02 Å². The predicted molar refractivity (Wildman–Crippen MR) is 102 cm³/mol. The molecule has 0 saturated carbocycles. The van der Waals surface area contributed by atoms with Crippen LogP contribution < -0.4 is 14.8 Å². The Morgan fingerprint density at radius 1 is 1.19 bits per heavy atom. The zero-order chi connectivity index (χ0) is 19.3. The highest BCUT2D eigenvalue weighted by atomic mass is 35.5. The van der Waals surface area contributed by atoms with Gasteiger partial charge in [0, 0.05) is 17.5 Å². The molecule has 0 bridgehead atoms. The van der Waals surface area contributed by atoms with Gasteiger partial charge in [-0.1, -0.05) is 30.7 Å². The van der Waals surface area contributed by atoms with E-state index in [0.717, 1.165) is 5.56 Å². The first-order chi connectivity index (χ1) is 12.3. The lowest BCUT2D eigenvalue weighted by Crippen LogP contribution is -2.27. The molecule has 0 aromatic heterocycles. The molecular formula is C18H21ClN2O4S. The van der Waals surface area contributed by atoms with Crippen molar-refractivity contribution < 1.29 is 17.9 Å². The number of rotatable bonds is 7. The average molecular weight is 397 g/mol. The van der Waals surface area contributed by atoms with Gasteiger partial charge in [0.15, 0.2) is 0 Å². The SMILES string of the molecule is CCC(=O)Nc1cc(S(=O)(=O)NC(C)c2ccc(Cl)cc2)ccc1OC. The lowest BCUT2D eigenvalue weighted by atomic mass is 10.1. The van der Waals surface area contributed by atoms with Crippen LogP contribution in [0.1, 0.15) is 31.9 Å². The summed E-state index contributed by atoms with van der Waals surface area (Å²) in [6.07, 6.45) is 0.270. The maximum absolute atomic E-state index is 12.7. The van der Waals surface area contributed by atoms with Gasteiger partial charge < -0.3 is 10.1 Å². The number of hydrogen-bond acceptors (Lipinski definition) is 4. The fraction of sp³-hybridized carbons (Fsp3) is 0.278. The molecule has 26 heavy (non-hydrogen) atoms. The molecule has 0 aliphatic rings. The number of benzene rings is 2. The Hall–Kier alpha value is -2.09. The van der Waals surface area contributed by atoms with Gasteiger partial charge in [-0.05, 0) is 42.8 Å². The fourth-order valence-corrected chi connectivity index (χ4v) is 3.69. The molecule has 0 heterocycles. The summed E-state index contributed by atoms with van der Waals surface area (Å²) in [7, 11) is -2.35.